The average Bonchev–Trinajstić information content (AvgIpc) is 3.06. The summed E-state index contributed by atoms with van der Waals surface area (Å²) in [5.41, 5.74) is 4.21. The molecule has 4 rings (SSSR count). The number of nitrogens with zero attached hydrogens (tertiary/aromatic N) is 3. The van der Waals surface area contributed by atoms with Crippen molar-refractivity contribution in [1.29, 1.82) is 0 Å². The van der Waals surface area contributed by atoms with Gasteiger partial charge in [0.05, 0.1) is 5.39 Å². The van der Waals surface area contributed by atoms with E-state index in [0.717, 1.165) is 30.5 Å². The highest BCUT2D eigenvalue weighted by Crippen LogP contribution is 2.18. The molecular weight excluding hydrogens is 364 g/mol. The SMILES string of the molecule is CCCCc1ccc(NC(=O)c2cc3c(=O)n4cccc(C)c4nc3n2C)cc1. The summed E-state index contributed by atoms with van der Waals surface area (Å²) in [6.45, 7) is 4.08. The van der Waals surface area contributed by atoms with Crippen LogP contribution < -0.4 is 10.9 Å². The first-order valence-electron chi connectivity index (χ1n) is 9.87. The smallest absolute Gasteiger partial charge is 0.272 e. The minimum atomic E-state index is -0.267. The van der Waals surface area contributed by atoms with Gasteiger partial charge in [-0.3, -0.25) is 14.0 Å². The van der Waals surface area contributed by atoms with Crippen LogP contribution in [0.2, 0.25) is 0 Å². The number of unbranched alkanes of at least 4 members (excludes halogenated alkanes) is 1. The third-order valence-electron chi connectivity index (χ3n) is 5.29. The first-order chi connectivity index (χ1) is 14.0. The van der Waals surface area contributed by atoms with E-state index in [1.807, 2.05) is 43.3 Å². The number of aryl methyl sites for hydroxylation is 3. The van der Waals surface area contributed by atoms with Crippen molar-refractivity contribution >= 4 is 28.3 Å². The highest BCUT2D eigenvalue weighted by Gasteiger charge is 2.18. The van der Waals surface area contributed by atoms with Crippen molar-refractivity contribution in [3.63, 3.8) is 0 Å². The van der Waals surface area contributed by atoms with Gasteiger partial charge < -0.3 is 9.88 Å². The summed E-state index contributed by atoms with van der Waals surface area (Å²) in [4.78, 5) is 30.4. The number of benzene rings is 1. The van der Waals surface area contributed by atoms with Crippen molar-refractivity contribution in [3.8, 4) is 0 Å². The zero-order valence-electron chi connectivity index (χ0n) is 16.9. The molecule has 148 valence electrons. The molecule has 1 N–H and O–H groups in total. The van der Waals surface area contributed by atoms with E-state index >= 15 is 0 Å². The van der Waals surface area contributed by atoms with Gasteiger partial charge in [-0.15, -0.1) is 0 Å². The second-order valence-corrected chi connectivity index (χ2v) is 7.38. The monoisotopic (exact) mass is 388 g/mol. The molecular formula is C23H24N4O2. The van der Waals surface area contributed by atoms with E-state index in [9.17, 15) is 9.59 Å². The molecule has 0 spiro atoms. The third-order valence-corrected chi connectivity index (χ3v) is 5.29. The highest BCUT2D eigenvalue weighted by atomic mass is 16.2. The Morgan fingerprint density at radius 1 is 1.14 bits per heavy atom. The molecule has 0 unspecified atom stereocenters. The molecule has 3 aromatic heterocycles. The van der Waals surface area contributed by atoms with Gasteiger partial charge in [0.25, 0.3) is 11.5 Å². The van der Waals surface area contributed by atoms with E-state index in [1.54, 1.807) is 23.9 Å². The Hall–Kier alpha value is -3.41. The minimum Gasteiger partial charge on any atom is -0.324 e. The second-order valence-electron chi connectivity index (χ2n) is 7.38. The van der Waals surface area contributed by atoms with Gasteiger partial charge in [-0.1, -0.05) is 31.5 Å². The molecule has 1 aromatic carbocycles. The zero-order valence-corrected chi connectivity index (χ0v) is 16.9. The highest BCUT2D eigenvalue weighted by molar-refractivity contribution is 6.06. The lowest BCUT2D eigenvalue weighted by Crippen LogP contribution is -2.16. The molecule has 0 atom stereocenters. The van der Waals surface area contributed by atoms with Crippen LogP contribution >= 0.6 is 0 Å². The predicted molar refractivity (Wildman–Crippen MR) is 116 cm³/mol. The fourth-order valence-electron chi connectivity index (χ4n) is 3.58. The number of fused-ring (bicyclic) bond motifs is 2. The summed E-state index contributed by atoms with van der Waals surface area (Å²) in [5, 5.41) is 3.35. The lowest BCUT2D eigenvalue weighted by Gasteiger charge is -2.08. The van der Waals surface area contributed by atoms with Gasteiger partial charge in [0.1, 0.15) is 17.0 Å². The molecule has 0 bridgehead atoms. The number of nitrogens with one attached hydrogen (secondary N) is 1. The topological polar surface area (TPSA) is 68.4 Å². The van der Waals surface area contributed by atoms with Gasteiger partial charge in [-0.05, 0) is 55.2 Å². The van der Waals surface area contributed by atoms with Crippen LogP contribution in [0.1, 0.15) is 41.4 Å². The first kappa shape index (κ1) is 18.9. The van der Waals surface area contributed by atoms with Gasteiger partial charge in [0.2, 0.25) is 0 Å². The van der Waals surface area contributed by atoms with Crippen molar-refractivity contribution in [2.75, 3.05) is 5.32 Å². The number of carbonyl (C=O) groups excluding carboxylic acids is 1. The van der Waals surface area contributed by atoms with Crippen LogP contribution in [0.25, 0.3) is 16.7 Å². The van der Waals surface area contributed by atoms with E-state index in [0.29, 0.717) is 22.4 Å². The number of hydrogen-bond donors (Lipinski definition) is 1. The molecule has 0 aliphatic carbocycles. The van der Waals surface area contributed by atoms with Crippen LogP contribution in [0.4, 0.5) is 5.69 Å². The van der Waals surface area contributed by atoms with Crippen molar-refractivity contribution in [2.45, 2.75) is 33.1 Å². The molecule has 0 aliphatic heterocycles. The molecule has 6 heteroatoms. The molecule has 6 nitrogen and oxygen atoms in total. The summed E-state index contributed by atoms with van der Waals surface area (Å²) >= 11 is 0. The van der Waals surface area contributed by atoms with E-state index in [4.69, 9.17) is 0 Å². The maximum absolute atomic E-state index is 12.9. The Labute approximate surface area is 168 Å². The lowest BCUT2D eigenvalue weighted by molar-refractivity contribution is 0.101. The molecule has 1 amide bonds. The van der Waals surface area contributed by atoms with E-state index in [2.05, 4.69) is 17.2 Å². The van der Waals surface area contributed by atoms with Crippen LogP contribution in [0.3, 0.4) is 0 Å². The van der Waals surface area contributed by atoms with Gasteiger partial charge in [0, 0.05) is 18.9 Å². The Morgan fingerprint density at radius 3 is 2.62 bits per heavy atom. The normalized spacial score (nSPS) is 11.3. The standard InChI is InChI=1S/C23H24N4O2/c1-4-5-8-16-9-11-17(12-10-16)24-22(28)19-14-18-21(26(19)3)25-20-15(2)7-6-13-27(20)23(18)29/h6-7,9-14H,4-5,8H2,1-3H3,(H,24,28). The third kappa shape index (κ3) is 3.42. The number of carbonyl (C=O) groups is 1. The summed E-state index contributed by atoms with van der Waals surface area (Å²) in [7, 11) is 1.76. The largest absolute Gasteiger partial charge is 0.324 e. The van der Waals surface area contributed by atoms with Crippen LogP contribution in [0.15, 0.2) is 53.5 Å². The fourth-order valence-corrected chi connectivity index (χ4v) is 3.58. The van der Waals surface area contributed by atoms with Crippen molar-refractivity contribution < 1.29 is 4.79 Å². The summed E-state index contributed by atoms with van der Waals surface area (Å²) in [6.07, 6.45) is 5.04. The van der Waals surface area contributed by atoms with Crippen LogP contribution in [0.5, 0.6) is 0 Å². The number of hydrogen-bond acceptors (Lipinski definition) is 3. The fraction of sp³-hybridized carbons (Fsp3) is 0.261. The number of rotatable bonds is 5. The number of anilines is 1. The molecule has 0 fully saturated rings. The quantitative estimate of drug-likeness (QED) is 0.560. The molecule has 0 saturated carbocycles. The first-order valence-corrected chi connectivity index (χ1v) is 9.87. The van der Waals surface area contributed by atoms with E-state index in [-0.39, 0.29) is 11.5 Å². The maximum atomic E-state index is 12.9. The van der Waals surface area contributed by atoms with Gasteiger partial charge >= 0.3 is 0 Å². The molecule has 4 aromatic rings. The Balaban J connectivity index is 1.68. The van der Waals surface area contributed by atoms with Gasteiger partial charge in [0.15, 0.2) is 0 Å². The maximum Gasteiger partial charge on any atom is 0.272 e. The van der Waals surface area contributed by atoms with Crippen LogP contribution in [-0.2, 0) is 13.5 Å². The van der Waals surface area contributed by atoms with Crippen LogP contribution in [0, 0.1) is 6.92 Å². The number of aromatic nitrogens is 3. The average molecular weight is 388 g/mol. The molecule has 0 aliphatic rings. The van der Waals surface area contributed by atoms with E-state index in [1.165, 1.54) is 9.96 Å². The van der Waals surface area contributed by atoms with Crippen molar-refractivity contribution in [2.24, 2.45) is 7.05 Å². The minimum absolute atomic E-state index is 0.177. The summed E-state index contributed by atoms with van der Waals surface area (Å²) in [6, 6.07) is 13.2. The zero-order chi connectivity index (χ0) is 20.5. The Bertz CT molecular complexity index is 1270. The van der Waals surface area contributed by atoms with Crippen LogP contribution in [-0.4, -0.2) is 19.9 Å². The molecule has 3 heterocycles. The number of amides is 1. The molecule has 0 saturated heterocycles. The van der Waals surface area contributed by atoms with Crippen molar-refractivity contribution in [3.05, 3.63) is 75.8 Å². The molecule has 29 heavy (non-hydrogen) atoms. The summed E-state index contributed by atoms with van der Waals surface area (Å²) in [5.74, 6) is -0.267. The Kier molecular flexibility index (Phi) is 4.92. The second kappa shape index (κ2) is 7.54. The predicted octanol–water partition coefficient (Wildman–Crippen LogP) is 4.09. The summed E-state index contributed by atoms with van der Waals surface area (Å²) < 4.78 is 3.20. The van der Waals surface area contributed by atoms with E-state index < -0.39 is 0 Å². The molecule has 0 radical (unpaired) electrons. The Morgan fingerprint density at radius 2 is 1.90 bits per heavy atom. The lowest BCUT2D eigenvalue weighted by atomic mass is 10.1. The van der Waals surface area contributed by atoms with Crippen molar-refractivity contribution in [1.82, 2.24) is 14.0 Å². The van der Waals surface area contributed by atoms with Gasteiger partial charge in [-0.2, -0.15) is 0 Å². The number of pyridine rings is 1. The van der Waals surface area contributed by atoms with Gasteiger partial charge in [-0.25, -0.2) is 4.98 Å².